The number of para-hydroxylation sites is 2. The minimum absolute atomic E-state index is 0.376. The Morgan fingerprint density at radius 3 is 2.48 bits per heavy atom. The van der Waals surface area contributed by atoms with Gasteiger partial charge in [-0.1, -0.05) is 48.5 Å². The topological polar surface area (TPSA) is 58.1 Å². The molecule has 1 atom stereocenters. The average molecular weight is 412 g/mol. The van der Waals surface area contributed by atoms with Crippen LogP contribution in [0.1, 0.15) is 36.9 Å². The van der Waals surface area contributed by atoms with Crippen molar-refractivity contribution in [3.8, 4) is 0 Å². The lowest BCUT2D eigenvalue weighted by Gasteiger charge is -2.43. The first kappa shape index (κ1) is 18.6. The molecule has 1 unspecified atom stereocenters. The Bertz CT molecular complexity index is 1440. The molecule has 1 aromatic heterocycles. The van der Waals surface area contributed by atoms with E-state index in [-0.39, 0.29) is 5.54 Å². The first-order chi connectivity index (χ1) is 15.0. The van der Waals surface area contributed by atoms with E-state index < -0.39 is 11.1 Å². The van der Waals surface area contributed by atoms with E-state index in [1.807, 2.05) is 24.3 Å². The average Bonchev–Trinajstić information content (AvgIpc) is 3.16. The van der Waals surface area contributed by atoms with Gasteiger partial charge in [0.25, 0.3) is 0 Å². The second-order valence-corrected chi connectivity index (χ2v) is 9.23. The number of nitrogens with one attached hydrogen (secondary N) is 1. The third-order valence-electron chi connectivity index (χ3n) is 7.44. The first-order valence-corrected chi connectivity index (χ1v) is 11.0. The molecule has 0 bridgehead atoms. The van der Waals surface area contributed by atoms with Gasteiger partial charge in [0, 0.05) is 24.7 Å². The van der Waals surface area contributed by atoms with Crippen LogP contribution >= 0.6 is 0 Å². The standard InChI is InChI=1S/C26H25N3O2/c1-26(29-21-11-3-2-10-20(21)27-24(30)25(29)31)12-14-28(15-13-26)22-16-18-8-4-6-17-7-5-9-19(22)23(17)18/h2-11,22H,12-16H2,1H3,(H,27,30). The van der Waals surface area contributed by atoms with Gasteiger partial charge in [-0.05, 0) is 60.2 Å². The Morgan fingerprint density at radius 2 is 1.68 bits per heavy atom. The van der Waals surface area contributed by atoms with Gasteiger partial charge in [0.05, 0.1) is 11.0 Å². The van der Waals surface area contributed by atoms with E-state index >= 15 is 0 Å². The molecule has 0 amide bonds. The second-order valence-electron chi connectivity index (χ2n) is 9.23. The van der Waals surface area contributed by atoms with Crippen LogP contribution in [0.15, 0.2) is 70.3 Å². The monoisotopic (exact) mass is 411 g/mol. The van der Waals surface area contributed by atoms with Crippen LogP contribution in [-0.4, -0.2) is 27.5 Å². The lowest BCUT2D eigenvalue weighted by molar-refractivity contribution is 0.0901. The van der Waals surface area contributed by atoms with E-state index in [0.29, 0.717) is 11.6 Å². The van der Waals surface area contributed by atoms with Crippen molar-refractivity contribution >= 4 is 21.8 Å². The highest BCUT2D eigenvalue weighted by Gasteiger charge is 2.38. The molecule has 0 spiro atoms. The van der Waals surface area contributed by atoms with Gasteiger partial charge in [-0.2, -0.15) is 0 Å². The number of hydrogen-bond acceptors (Lipinski definition) is 3. The van der Waals surface area contributed by atoms with Gasteiger partial charge in [-0.15, -0.1) is 0 Å². The summed E-state index contributed by atoms with van der Waals surface area (Å²) < 4.78 is 1.75. The molecule has 31 heavy (non-hydrogen) atoms. The number of nitrogens with zero attached hydrogens (tertiary/aromatic N) is 2. The molecular weight excluding hydrogens is 386 g/mol. The van der Waals surface area contributed by atoms with Crippen LogP contribution in [-0.2, 0) is 12.0 Å². The van der Waals surface area contributed by atoms with Gasteiger partial charge in [0.2, 0.25) is 0 Å². The maximum atomic E-state index is 12.9. The van der Waals surface area contributed by atoms with Gasteiger partial charge in [-0.3, -0.25) is 19.1 Å². The quantitative estimate of drug-likeness (QED) is 0.508. The number of piperidine rings is 1. The fraction of sp³-hybridized carbons (Fsp3) is 0.308. The smallest absolute Gasteiger partial charge is 0.316 e. The van der Waals surface area contributed by atoms with Crippen LogP contribution in [0, 0.1) is 0 Å². The second kappa shape index (κ2) is 6.66. The van der Waals surface area contributed by atoms with E-state index in [0.717, 1.165) is 37.9 Å². The Hall–Kier alpha value is -3.18. The van der Waals surface area contributed by atoms with Crippen molar-refractivity contribution in [1.29, 1.82) is 0 Å². The van der Waals surface area contributed by atoms with Crippen molar-refractivity contribution in [2.75, 3.05) is 13.1 Å². The maximum absolute atomic E-state index is 12.9. The number of H-pyrrole nitrogens is 1. The summed E-state index contributed by atoms with van der Waals surface area (Å²) in [5.74, 6) is 0. The molecule has 1 N–H and O–H groups in total. The molecule has 0 saturated carbocycles. The summed E-state index contributed by atoms with van der Waals surface area (Å²) in [5, 5.41) is 2.74. The van der Waals surface area contributed by atoms with Crippen molar-refractivity contribution in [3.05, 3.63) is 92.5 Å². The third kappa shape index (κ3) is 2.73. The van der Waals surface area contributed by atoms with E-state index in [1.54, 1.807) is 4.57 Å². The normalized spacial score (nSPS) is 20.5. The molecule has 1 aliphatic heterocycles. The third-order valence-corrected chi connectivity index (χ3v) is 7.44. The Labute approximate surface area is 179 Å². The molecule has 3 aromatic carbocycles. The first-order valence-electron chi connectivity index (χ1n) is 11.0. The minimum Gasteiger partial charge on any atom is -0.316 e. The van der Waals surface area contributed by atoms with Crippen molar-refractivity contribution in [3.63, 3.8) is 0 Å². The summed E-state index contributed by atoms with van der Waals surface area (Å²) in [7, 11) is 0. The number of fused-ring (bicyclic) bond motifs is 1. The summed E-state index contributed by atoms with van der Waals surface area (Å²) in [5.41, 5.74) is 3.01. The summed E-state index contributed by atoms with van der Waals surface area (Å²) in [4.78, 5) is 30.5. The molecule has 5 nitrogen and oxygen atoms in total. The van der Waals surface area contributed by atoms with E-state index in [9.17, 15) is 9.59 Å². The lowest BCUT2D eigenvalue weighted by atomic mass is 9.87. The van der Waals surface area contributed by atoms with Crippen LogP contribution < -0.4 is 11.1 Å². The Balaban J connectivity index is 1.34. The van der Waals surface area contributed by atoms with Gasteiger partial charge < -0.3 is 4.98 Å². The zero-order chi connectivity index (χ0) is 21.2. The highest BCUT2D eigenvalue weighted by atomic mass is 16.2. The van der Waals surface area contributed by atoms with Crippen molar-refractivity contribution in [2.24, 2.45) is 0 Å². The maximum Gasteiger partial charge on any atom is 0.317 e. The predicted octanol–water partition coefficient (Wildman–Crippen LogP) is 3.95. The summed E-state index contributed by atoms with van der Waals surface area (Å²) in [6.07, 6.45) is 2.72. The molecule has 1 aliphatic carbocycles. The molecule has 4 aromatic rings. The van der Waals surface area contributed by atoms with Crippen molar-refractivity contribution < 1.29 is 0 Å². The largest absolute Gasteiger partial charge is 0.317 e. The van der Waals surface area contributed by atoms with E-state index in [2.05, 4.69) is 53.2 Å². The molecule has 6 rings (SSSR count). The highest BCUT2D eigenvalue weighted by molar-refractivity contribution is 5.91. The minimum atomic E-state index is -0.541. The number of rotatable bonds is 2. The van der Waals surface area contributed by atoms with Gasteiger partial charge >= 0.3 is 11.1 Å². The molecule has 1 saturated heterocycles. The molecule has 156 valence electrons. The lowest BCUT2D eigenvalue weighted by Crippen LogP contribution is -2.51. The van der Waals surface area contributed by atoms with E-state index in [4.69, 9.17) is 0 Å². The Kier molecular flexibility index (Phi) is 3.99. The van der Waals surface area contributed by atoms with Crippen LogP contribution in [0.5, 0.6) is 0 Å². The molecular formula is C26H25N3O2. The van der Waals surface area contributed by atoms with Crippen LogP contribution in [0.2, 0.25) is 0 Å². The molecule has 2 heterocycles. The zero-order valence-electron chi connectivity index (χ0n) is 17.6. The number of aromatic amines is 1. The number of aromatic nitrogens is 2. The van der Waals surface area contributed by atoms with Crippen LogP contribution in [0.3, 0.4) is 0 Å². The molecule has 2 aliphatic rings. The van der Waals surface area contributed by atoms with Gasteiger partial charge in [-0.25, -0.2) is 0 Å². The molecule has 1 fully saturated rings. The van der Waals surface area contributed by atoms with Gasteiger partial charge in [0.15, 0.2) is 0 Å². The SMILES string of the molecule is CC1(n2c(=O)c(=O)[nH]c3ccccc32)CCN(C2Cc3cccc4cccc2c34)CC1. The summed E-state index contributed by atoms with van der Waals surface area (Å²) in [6, 6.07) is 21.2. The van der Waals surface area contributed by atoms with Crippen LogP contribution in [0.25, 0.3) is 21.8 Å². The number of benzene rings is 3. The fourth-order valence-electron chi connectivity index (χ4n) is 5.78. The van der Waals surface area contributed by atoms with Crippen molar-refractivity contribution in [1.82, 2.24) is 14.5 Å². The van der Waals surface area contributed by atoms with E-state index in [1.165, 1.54) is 21.9 Å². The fourth-order valence-corrected chi connectivity index (χ4v) is 5.78. The predicted molar refractivity (Wildman–Crippen MR) is 124 cm³/mol. The molecule has 0 radical (unpaired) electrons. The Morgan fingerprint density at radius 1 is 0.935 bits per heavy atom. The molecule has 5 heteroatoms. The number of hydrogen-bond donors (Lipinski definition) is 1. The van der Waals surface area contributed by atoms with Gasteiger partial charge in [0.1, 0.15) is 0 Å². The summed E-state index contributed by atoms with van der Waals surface area (Å²) in [6.45, 7) is 3.93. The van der Waals surface area contributed by atoms with Crippen molar-refractivity contribution in [2.45, 2.75) is 37.8 Å². The number of likely N-dealkylation sites (tertiary alicyclic amines) is 1. The van der Waals surface area contributed by atoms with Crippen LogP contribution in [0.4, 0.5) is 0 Å². The highest BCUT2D eigenvalue weighted by Crippen LogP contribution is 2.42. The summed E-state index contributed by atoms with van der Waals surface area (Å²) >= 11 is 0. The zero-order valence-corrected chi connectivity index (χ0v) is 17.6.